The van der Waals surface area contributed by atoms with Crippen LogP contribution in [0.3, 0.4) is 0 Å². The monoisotopic (exact) mass is 317 g/mol. The molecule has 0 heterocycles. The van der Waals surface area contributed by atoms with Crippen LogP contribution in [-0.4, -0.2) is 25.7 Å². The Bertz CT molecular complexity index is 412. The number of rotatable bonds is 6. The highest BCUT2D eigenvalue weighted by Crippen LogP contribution is 2.19. The topological polar surface area (TPSA) is 38.3 Å². The zero-order valence-corrected chi connectivity index (χ0v) is 12.1. The molecule has 1 rings (SSSR count). The molecule has 5 heteroatoms. The number of amides is 1. The molecular weight excluding hydrogens is 301 g/mol. The van der Waals surface area contributed by atoms with E-state index in [-0.39, 0.29) is 17.8 Å². The second kappa shape index (κ2) is 7.48. The summed E-state index contributed by atoms with van der Waals surface area (Å²) in [6, 6.07) is 4.47. The number of hydrogen-bond acceptors (Lipinski definition) is 2. The first kappa shape index (κ1) is 15.1. The molecule has 100 valence electrons. The molecule has 1 aromatic carbocycles. The average Bonchev–Trinajstić information content (AvgIpc) is 2.36. The minimum Gasteiger partial charge on any atom is -0.380 e. The quantitative estimate of drug-likeness (QED) is 0.876. The molecule has 0 aliphatic heterocycles. The average molecular weight is 318 g/mol. The molecule has 0 aliphatic carbocycles. The zero-order chi connectivity index (χ0) is 13.5. The third-order valence-corrected chi connectivity index (χ3v) is 3.39. The summed E-state index contributed by atoms with van der Waals surface area (Å²) in [6.07, 6.45) is 0.833. The Kier molecular flexibility index (Phi) is 6.29. The standard InChI is InChI=1S/C13H17BrFNO2/c1-9(18-2)8-16-13(17)6-3-10-7-11(15)4-5-12(10)14/h4-5,7,9H,3,6,8H2,1-2H3,(H,16,17). The number of carbonyl (C=O) groups is 1. The highest BCUT2D eigenvalue weighted by Gasteiger charge is 2.07. The molecule has 1 aromatic rings. The second-order valence-electron chi connectivity index (χ2n) is 4.09. The normalized spacial score (nSPS) is 12.2. The number of ether oxygens (including phenoxy) is 1. The van der Waals surface area contributed by atoms with Gasteiger partial charge in [0.15, 0.2) is 0 Å². The number of hydrogen-bond donors (Lipinski definition) is 1. The molecule has 1 amide bonds. The summed E-state index contributed by atoms with van der Waals surface area (Å²) in [5, 5.41) is 2.76. The van der Waals surface area contributed by atoms with Gasteiger partial charge in [-0.3, -0.25) is 4.79 Å². The number of methoxy groups -OCH3 is 1. The molecule has 1 atom stereocenters. The molecule has 0 saturated carbocycles. The van der Waals surface area contributed by atoms with Crippen molar-refractivity contribution in [1.82, 2.24) is 5.32 Å². The fourth-order valence-electron chi connectivity index (χ4n) is 1.41. The summed E-state index contributed by atoms with van der Waals surface area (Å²) in [6.45, 7) is 2.36. The SMILES string of the molecule is COC(C)CNC(=O)CCc1cc(F)ccc1Br. The van der Waals surface area contributed by atoms with Gasteiger partial charge in [-0.25, -0.2) is 4.39 Å². The molecule has 0 aromatic heterocycles. The summed E-state index contributed by atoms with van der Waals surface area (Å²) >= 11 is 3.34. The Labute approximate surface area is 115 Å². The molecule has 3 nitrogen and oxygen atoms in total. The maximum Gasteiger partial charge on any atom is 0.220 e. The third kappa shape index (κ3) is 5.14. The fraction of sp³-hybridized carbons (Fsp3) is 0.462. The van der Waals surface area contributed by atoms with E-state index < -0.39 is 0 Å². The Morgan fingerprint density at radius 3 is 2.94 bits per heavy atom. The molecule has 1 N–H and O–H groups in total. The van der Waals surface area contributed by atoms with Crippen molar-refractivity contribution < 1.29 is 13.9 Å². The third-order valence-electron chi connectivity index (χ3n) is 2.62. The largest absolute Gasteiger partial charge is 0.380 e. The van der Waals surface area contributed by atoms with Gasteiger partial charge >= 0.3 is 0 Å². The van der Waals surface area contributed by atoms with Gasteiger partial charge < -0.3 is 10.1 Å². The first-order valence-electron chi connectivity index (χ1n) is 5.76. The van der Waals surface area contributed by atoms with E-state index in [2.05, 4.69) is 21.2 Å². The molecule has 0 radical (unpaired) electrons. The van der Waals surface area contributed by atoms with Crippen LogP contribution in [0.15, 0.2) is 22.7 Å². The highest BCUT2D eigenvalue weighted by molar-refractivity contribution is 9.10. The van der Waals surface area contributed by atoms with E-state index in [1.165, 1.54) is 12.1 Å². The maximum absolute atomic E-state index is 13.0. The van der Waals surface area contributed by atoms with Crippen LogP contribution in [0.1, 0.15) is 18.9 Å². The Morgan fingerprint density at radius 1 is 1.56 bits per heavy atom. The van der Waals surface area contributed by atoms with E-state index >= 15 is 0 Å². The summed E-state index contributed by atoms with van der Waals surface area (Å²) < 4.78 is 18.9. The summed E-state index contributed by atoms with van der Waals surface area (Å²) in [7, 11) is 1.60. The van der Waals surface area contributed by atoms with Gasteiger partial charge in [0.1, 0.15) is 5.82 Å². The lowest BCUT2D eigenvalue weighted by molar-refractivity contribution is -0.121. The van der Waals surface area contributed by atoms with Crippen molar-refractivity contribution in [3.05, 3.63) is 34.1 Å². The first-order valence-corrected chi connectivity index (χ1v) is 6.55. The van der Waals surface area contributed by atoms with E-state index in [1.54, 1.807) is 13.2 Å². The van der Waals surface area contributed by atoms with Crippen molar-refractivity contribution in [2.75, 3.05) is 13.7 Å². The minimum absolute atomic E-state index is 0.00476. The van der Waals surface area contributed by atoms with E-state index in [1.807, 2.05) is 6.92 Å². The predicted molar refractivity (Wildman–Crippen MR) is 71.9 cm³/mol. The van der Waals surface area contributed by atoms with Gasteiger partial charge in [0.25, 0.3) is 0 Å². The molecular formula is C13H17BrFNO2. The molecule has 0 aliphatic rings. The fourth-order valence-corrected chi connectivity index (χ4v) is 1.86. The minimum atomic E-state index is -0.290. The van der Waals surface area contributed by atoms with Crippen LogP contribution in [0, 0.1) is 5.82 Å². The van der Waals surface area contributed by atoms with Gasteiger partial charge in [0.2, 0.25) is 5.91 Å². The van der Waals surface area contributed by atoms with Crippen molar-refractivity contribution >= 4 is 21.8 Å². The Balaban J connectivity index is 2.40. The van der Waals surface area contributed by atoms with Gasteiger partial charge in [0.05, 0.1) is 6.10 Å². The van der Waals surface area contributed by atoms with Crippen LogP contribution in [0.4, 0.5) is 4.39 Å². The van der Waals surface area contributed by atoms with Crippen molar-refractivity contribution in [3.8, 4) is 0 Å². The van der Waals surface area contributed by atoms with Gasteiger partial charge in [-0.1, -0.05) is 15.9 Å². The number of aryl methyl sites for hydroxylation is 1. The number of nitrogens with one attached hydrogen (secondary N) is 1. The van der Waals surface area contributed by atoms with E-state index in [0.717, 1.165) is 10.0 Å². The van der Waals surface area contributed by atoms with Gasteiger partial charge in [-0.05, 0) is 37.1 Å². The smallest absolute Gasteiger partial charge is 0.220 e. The number of halogens is 2. The zero-order valence-electron chi connectivity index (χ0n) is 10.5. The van der Waals surface area contributed by atoms with E-state index in [9.17, 15) is 9.18 Å². The van der Waals surface area contributed by atoms with Crippen molar-refractivity contribution in [2.24, 2.45) is 0 Å². The van der Waals surface area contributed by atoms with Crippen LogP contribution < -0.4 is 5.32 Å². The van der Waals surface area contributed by atoms with Gasteiger partial charge in [-0.2, -0.15) is 0 Å². The lowest BCUT2D eigenvalue weighted by atomic mass is 10.1. The molecule has 0 fully saturated rings. The highest BCUT2D eigenvalue weighted by atomic mass is 79.9. The lowest BCUT2D eigenvalue weighted by Crippen LogP contribution is -2.31. The lowest BCUT2D eigenvalue weighted by Gasteiger charge is -2.11. The number of benzene rings is 1. The van der Waals surface area contributed by atoms with Crippen molar-refractivity contribution in [2.45, 2.75) is 25.9 Å². The van der Waals surface area contributed by atoms with Gasteiger partial charge in [0, 0.05) is 24.5 Å². The van der Waals surface area contributed by atoms with Crippen LogP contribution in [0.2, 0.25) is 0 Å². The van der Waals surface area contributed by atoms with Crippen molar-refractivity contribution in [1.29, 1.82) is 0 Å². The molecule has 1 unspecified atom stereocenters. The molecule has 0 saturated heterocycles. The summed E-state index contributed by atoms with van der Waals surface area (Å²) in [5.41, 5.74) is 0.796. The van der Waals surface area contributed by atoms with Gasteiger partial charge in [-0.15, -0.1) is 0 Å². The van der Waals surface area contributed by atoms with E-state index in [4.69, 9.17) is 4.74 Å². The predicted octanol–water partition coefficient (Wildman–Crippen LogP) is 2.67. The van der Waals surface area contributed by atoms with Crippen LogP contribution in [0.25, 0.3) is 0 Å². The summed E-state index contributed by atoms with van der Waals surface area (Å²) in [4.78, 5) is 11.6. The Morgan fingerprint density at radius 2 is 2.28 bits per heavy atom. The van der Waals surface area contributed by atoms with E-state index in [0.29, 0.717) is 19.4 Å². The second-order valence-corrected chi connectivity index (χ2v) is 4.94. The molecule has 0 spiro atoms. The van der Waals surface area contributed by atoms with Crippen LogP contribution >= 0.6 is 15.9 Å². The molecule has 0 bridgehead atoms. The Hall–Kier alpha value is -0.940. The van der Waals surface area contributed by atoms with Crippen LogP contribution in [-0.2, 0) is 16.0 Å². The van der Waals surface area contributed by atoms with Crippen LogP contribution in [0.5, 0.6) is 0 Å². The maximum atomic E-state index is 13.0. The summed E-state index contributed by atoms with van der Waals surface area (Å²) in [5.74, 6) is -0.350. The molecule has 18 heavy (non-hydrogen) atoms. The number of carbonyl (C=O) groups excluding carboxylic acids is 1. The van der Waals surface area contributed by atoms with Crippen molar-refractivity contribution in [3.63, 3.8) is 0 Å². The first-order chi connectivity index (χ1) is 8.52.